The summed E-state index contributed by atoms with van der Waals surface area (Å²) in [5, 5.41) is 9.06. The minimum atomic E-state index is -0.637. The van der Waals surface area contributed by atoms with E-state index in [-0.39, 0.29) is 11.8 Å². The third-order valence-electron chi connectivity index (χ3n) is 3.86. The molecule has 0 aliphatic carbocycles. The Morgan fingerprint density at radius 3 is 2.62 bits per heavy atom. The maximum atomic E-state index is 11.0. The summed E-state index contributed by atoms with van der Waals surface area (Å²) < 4.78 is 5.33. The van der Waals surface area contributed by atoms with Crippen LogP contribution in [0.1, 0.15) is 19.8 Å². The van der Waals surface area contributed by atoms with E-state index in [1.165, 1.54) is 0 Å². The molecule has 0 radical (unpaired) electrons. The van der Waals surface area contributed by atoms with Crippen molar-refractivity contribution in [3.63, 3.8) is 0 Å². The Kier molecular flexibility index (Phi) is 3.82. The SMILES string of the molecule is C[C@@H]1CN(CC2CCOCC2)C[C@H]1C(=O)O. The zero-order valence-corrected chi connectivity index (χ0v) is 9.89. The lowest BCUT2D eigenvalue weighted by molar-refractivity contribution is -0.142. The molecule has 0 amide bonds. The van der Waals surface area contributed by atoms with Crippen molar-refractivity contribution < 1.29 is 14.6 Å². The van der Waals surface area contributed by atoms with Gasteiger partial charge in [-0.25, -0.2) is 0 Å². The normalized spacial score (nSPS) is 33.1. The summed E-state index contributed by atoms with van der Waals surface area (Å²) in [5.41, 5.74) is 0. The molecule has 0 saturated carbocycles. The van der Waals surface area contributed by atoms with Crippen LogP contribution in [0, 0.1) is 17.8 Å². The number of aliphatic carboxylic acids is 1. The summed E-state index contributed by atoms with van der Waals surface area (Å²) in [6, 6.07) is 0. The lowest BCUT2D eigenvalue weighted by atomic mass is 9.99. The van der Waals surface area contributed by atoms with Crippen molar-refractivity contribution in [3.05, 3.63) is 0 Å². The molecule has 2 heterocycles. The fourth-order valence-corrected chi connectivity index (χ4v) is 2.83. The fraction of sp³-hybridized carbons (Fsp3) is 0.917. The smallest absolute Gasteiger partial charge is 0.308 e. The van der Waals surface area contributed by atoms with Crippen molar-refractivity contribution in [2.75, 3.05) is 32.8 Å². The number of rotatable bonds is 3. The Labute approximate surface area is 96.6 Å². The molecule has 0 aromatic rings. The van der Waals surface area contributed by atoms with Gasteiger partial charge in [-0.1, -0.05) is 6.92 Å². The van der Waals surface area contributed by atoms with Crippen molar-refractivity contribution in [3.8, 4) is 0 Å². The van der Waals surface area contributed by atoms with Crippen molar-refractivity contribution in [2.45, 2.75) is 19.8 Å². The van der Waals surface area contributed by atoms with Gasteiger partial charge >= 0.3 is 5.97 Å². The third-order valence-corrected chi connectivity index (χ3v) is 3.86. The second-order valence-corrected chi connectivity index (χ2v) is 5.20. The Morgan fingerprint density at radius 2 is 2.06 bits per heavy atom. The number of carboxylic acid groups (broad SMARTS) is 1. The second-order valence-electron chi connectivity index (χ2n) is 5.20. The number of carbonyl (C=O) groups is 1. The van der Waals surface area contributed by atoms with Gasteiger partial charge in [-0.15, -0.1) is 0 Å². The van der Waals surface area contributed by atoms with Crippen LogP contribution in [-0.4, -0.2) is 48.8 Å². The summed E-state index contributed by atoms with van der Waals surface area (Å²) in [6.45, 7) is 6.51. The van der Waals surface area contributed by atoms with Gasteiger partial charge in [0.1, 0.15) is 0 Å². The Morgan fingerprint density at radius 1 is 1.38 bits per heavy atom. The summed E-state index contributed by atoms with van der Waals surface area (Å²) >= 11 is 0. The number of hydrogen-bond donors (Lipinski definition) is 1. The molecule has 2 aliphatic heterocycles. The van der Waals surface area contributed by atoms with Crippen LogP contribution in [0.3, 0.4) is 0 Å². The third kappa shape index (κ3) is 2.74. The van der Waals surface area contributed by atoms with Crippen LogP contribution in [0.15, 0.2) is 0 Å². The maximum Gasteiger partial charge on any atom is 0.308 e. The first-order valence-corrected chi connectivity index (χ1v) is 6.19. The molecule has 0 spiro atoms. The van der Waals surface area contributed by atoms with Gasteiger partial charge in [0.25, 0.3) is 0 Å². The van der Waals surface area contributed by atoms with Crippen LogP contribution in [0.2, 0.25) is 0 Å². The van der Waals surface area contributed by atoms with Crippen LogP contribution in [0.4, 0.5) is 0 Å². The van der Waals surface area contributed by atoms with Crippen LogP contribution in [-0.2, 0) is 9.53 Å². The minimum Gasteiger partial charge on any atom is -0.481 e. The molecule has 0 bridgehead atoms. The number of carboxylic acids is 1. The van der Waals surface area contributed by atoms with Gasteiger partial charge in [-0.05, 0) is 24.7 Å². The standard InChI is InChI=1S/C12H21NO3/c1-9-6-13(8-11(9)12(14)15)7-10-2-4-16-5-3-10/h9-11H,2-8H2,1H3,(H,14,15)/t9-,11-/m1/s1. The average Bonchev–Trinajstić information content (AvgIpc) is 2.61. The number of nitrogens with zero attached hydrogens (tertiary/aromatic N) is 1. The van der Waals surface area contributed by atoms with Gasteiger partial charge in [0.2, 0.25) is 0 Å². The van der Waals surface area contributed by atoms with Crippen LogP contribution < -0.4 is 0 Å². The lowest BCUT2D eigenvalue weighted by Gasteiger charge is -2.26. The topological polar surface area (TPSA) is 49.8 Å². The molecule has 0 unspecified atom stereocenters. The van der Waals surface area contributed by atoms with Gasteiger partial charge in [0.15, 0.2) is 0 Å². The van der Waals surface area contributed by atoms with Gasteiger partial charge in [0, 0.05) is 32.8 Å². The molecule has 0 aromatic carbocycles. The number of ether oxygens (including phenoxy) is 1. The molecule has 16 heavy (non-hydrogen) atoms. The quantitative estimate of drug-likeness (QED) is 0.783. The molecule has 2 saturated heterocycles. The van der Waals surface area contributed by atoms with Gasteiger partial charge in [-0.3, -0.25) is 4.79 Å². The highest BCUT2D eigenvalue weighted by atomic mass is 16.5. The van der Waals surface area contributed by atoms with Crippen LogP contribution in [0.5, 0.6) is 0 Å². The van der Waals surface area contributed by atoms with E-state index in [9.17, 15) is 4.79 Å². The zero-order chi connectivity index (χ0) is 11.5. The predicted molar refractivity (Wildman–Crippen MR) is 60.3 cm³/mol. The van der Waals surface area contributed by atoms with E-state index in [1.54, 1.807) is 0 Å². The molecular formula is C12H21NO3. The molecule has 0 aromatic heterocycles. The maximum absolute atomic E-state index is 11.0. The molecule has 4 heteroatoms. The summed E-state index contributed by atoms with van der Waals surface area (Å²) in [4.78, 5) is 13.3. The van der Waals surface area contributed by atoms with E-state index in [0.717, 1.165) is 45.7 Å². The summed E-state index contributed by atoms with van der Waals surface area (Å²) in [5.74, 6) is 0.188. The average molecular weight is 227 g/mol. The van der Waals surface area contributed by atoms with E-state index in [4.69, 9.17) is 9.84 Å². The highest BCUT2D eigenvalue weighted by molar-refractivity contribution is 5.71. The van der Waals surface area contributed by atoms with Crippen molar-refractivity contribution in [1.82, 2.24) is 4.90 Å². The van der Waals surface area contributed by atoms with Crippen molar-refractivity contribution >= 4 is 5.97 Å². The Bertz CT molecular complexity index is 251. The first-order valence-electron chi connectivity index (χ1n) is 6.19. The van der Waals surface area contributed by atoms with E-state index < -0.39 is 5.97 Å². The van der Waals surface area contributed by atoms with Crippen LogP contribution in [0.25, 0.3) is 0 Å². The minimum absolute atomic E-state index is 0.167. The highest BCUT2D eigenvalue weighted by Crippen LogP contribution is 2.25. The van der Waals surface area contributed by atoms with E-state index in [1.807, 2.05) is 6.92 Å². The molecule has 2 fully saturated rings. The molecule has 2 rings (SSSR count). The number of likely N-dealkylation sites (tertiary alicyclic amines) is 1. The first kappa shape index (κ1) is 11.9. The number of hydrogen-bond acceptors (Lipinski definition) is 3. The van der Waals surface area contributed by atoms with Crippen molar-refractivity contribution in [2.24, 2.45) is 17.8 Å². The molecule has 2 atom stereocenters. The Hall–Kier alpha value is -0.610. The molecule has 4 nitrogen and oxygen atoms in total. The molecule has 92 valence electrons. The largest absolute Gasteiger partial charge is 0.481 e. The van der Waals surface area contributed by atoms with Gasteiger partial charge < -0.3 is 14.7 Å². The van der Waals surface area contributed by atoms with E-state index in [2.05, 4.69) is 4.90 Å². The predicted octanol–water partition coefficient (Wildman–Crippen LogP) is 1.07. The molecular weight excluding hydrogens is 206 g/mol. The fourth-order valence-electron chi connectivity index (χ4n) is 2.83. The van der Waals surface area contributed by atoms with Gasteiger partial charge in [-0.2, -0.15) is 0 Å². The van der Waals surface area contributed by atoms with E-state index >= 15 is 0 Å². The molecule has 1 N–H and O–H groups in total. The Balaban J connectivity index is 1.81. The lowest BCUT2D eigenvalue weighted by Crippen LogP contribution is -2.31. The highest BCUT2D eigenvalue weighted by Gasteiger charge is 2.35. The molecule has 2 aliphatic rings. The van der Waals surface area contributed by atoms with Gasteiger partial charge in [0.05, 0.1) is 5.92 Å². The van der Waals surface area contributed by atoms with Crippen molar-refractivity contribution in [1.29, 1.82) is 0 Å². The summed E-state index contributed by atoms with van der Waals surface area (Å²) in [6.07, 6.45) is 2.26. The second kappa shape index (κ2) is 5.15. The first-order chi connectivity index (χ1) is 7.66. The zero-order valence-electron chi connectivity index (χ0n) is 9.89. The summed E-state index contributed by atoms with van der Waals surface area (Å²) in [7, 11) is 0. The van der Waals surface area contributed by atoms with Crippen LogP contribution >= 0.6 is 0 Å². The monoisotopic (exact) mass is 227 g/mol. The van der Waals surface area contributed by atoms with E-state index in [0.29, 0.717) is 5.92 Å².